The van der Waals surface area contributed by atoms with E-state index in [-0.39, 0.29) is 6.61 Å². The number of unbranched alkanes of at least 4 members (excludes halogenated alkanes) is 38. The molecule has 3 atom stereocenters. The number of allylic oxidation sites excluding steroid dienone is 7. The van der Waals surface area contributed by atoms with Gasteiger partial charge in [0.1, 0.15) is 6.10 Å². The highest BCUT2D eigenvalue weighted by Gasteiger charge is 2.22. The van der Waals surface area contributed by atoms with E-state index < -0.39 is 24.2 Å². The van der Waals surface area contributed by atoms with Crippen molar-refractivity contribution in [3.63, 3.8) is 0 Å². The lowest BCUT2D eigenvalue weighted by Gasteiger charge is -2.21. The van der Waals surface area contributed by atoms with Gasteiger partial charge < -0.3 is 20.6 Å². The van der Waals surface area contributed by atoms with Crippen LogP contribution in [0.15, 0.2) is 48.6 Å². The van der Waals surface area contributed by atoms with Crippen molar-refractivity contribution >= 4 is 5.91 Å². The average molecular weight is 899 g/mol. The van der Waals surface area contributed by atoms with E-state index >= 15 is 0 Å². The Bertz CT molecular complexity index is 1040. The molecule has 4 N–H and O–H groups in total. The van der Waals surface area contributed by atoms with E-state index in [0.717, 1.165) is 44.9 Å². The van der Waals surface area contributed by atoms with Crippen molar-refractivity contribution in [3.05, 3.63) is 48.6 Å². The summed E-state index contributed by atoms with van der Waals surface area (Å²) in [6.45, 7) is 4.19. The molecule has 5 heteroatoms. The smallest absolute Gasteiger partial charge is 0.249 e. The Morgan fingerprint density at radius 2 is 0.641 bits per heavy atom. The predicted molar refractivity (Wildman–Crippen MR) is 282 cm³/mol. The summed E-state index contributed by atoms with van der Waals surface area (Å²) in [7, 11) is 0. The first-order chi connectivity index (χ1) is 31.6. The highest BCUT2D eigenvalue weighted by Crippen LogP contribution is 2.17. The summed E-state index contributed by atoms with van der Waals surface area (Å²) in [4.78, 5) is 12.5. The number of carbonyl (C=O) groups is 1. The molecule has 0 aromatic carbocycles. The molecular formula is C59H111NO4. The van der Waals surface area contributed by atoms with E-state index in [2.05, 4.69) is 55.6 Å². The molecule has 3 unspecified atom stereocenters. The van der Waals surface area contributed by atoms with Crippen molar-refractivity contribution in [1.82, 2.24) is 5.32 Å². The highest BCUT2D eigenvalue weighted by molar-refractivity contribution is 5.80. The molecule has 0 saturated heterocycles. The van der Waals surface area contributed by atoms with Crippen LogP contribution in [0.2, 0.25) is 0 Å². The van der Waals surface area contributed by atoms with Gasteiger partial charge in [-0.15, -0.1) is 0 Å². The van der Waals surface area contributed by atoms with Crippen LogP contribution in [0.5, 0.6) is 0 Å². The van der Waals surface area contributed by atoms with E-state index in [4.69, 9.17) is 0 Å². The van der Waals surface area contributed by atoms with Crippen LogP contribution in [-0.4, -0.2) is 46.1 Å². The molecule has 0 aliphatic rings. The number of hydrogen-bond donors (Lipinski definition) is 4. The third-order valence-corrected chi connectivity index (χ3v) is 13.1. The van der Waals surface area contributed by atoms with E-state index in [0.29, 0.717) is 6.42 Å². The Balaban J connectivity index is 3.60. The molecular weight excluding hydrogens is 787 g/mol. The largest absolute Gasteiger partial charge is 0.394 e. The van der Waals surface area contributed by atoms with Crippen LogP contribution in [0.25, 0.3) is 0 Å². The topological polar surface area (TPSA) is 89.8 Å². The van der Waals surface area contributed by atoms with E-state index in [1.165, 1.54) is 231 Å². The molecule has 0 rings (SSSR count). The van der Waals surface area contributed by atoms with Crippen molar-refractivity contribution < 1.29 is 20.1 Å². The second-order valence-electron chi connectivity index (χ2n) is 19.5. The predicted octanol–water partition coefficient (Wildman–Crippen LogP) is 17.6. The molecule has 64 heavy (non-hydrogen) atoms. The summed E-state index contributed by atoms with van der Waals surface area (Å²) in [6.07, 6.45) is 71.9. The quantitative estimate of drug-likeness (QED) is 0.0362. The molecule has 0 saturated carbocycles. The lowest BCUT2D eigenvalue weighted by atomic mass is 10.0. The van der Waals surface area contributed by atoms with Gasteiger partial charge in [0, 0.05) is 0 Å². The van der Waals surface area contributed by atoms with Crippen LogP contribution in [0, 0.1) is 0 Å². The Labute approximate surface area is 399 Å². The number of nitrogens with one attached hydrogen (secondary N) is 1. The summed E-state index contributed by atoms with van der Waals surface area (Å²) >= 11 is 0. The number of amides is 1. The number of hydrogen-bond acceptors (Lipinski definition) is 4. The second-order valence-corrected chi connectivity index (χ2v) is 19.5. The Morgan fingerprint density at radius 1 is 0.375 bits per heavy atom. The van der Waals surface area contributed by atoms with Gasteiger partial charge in [0.05, 0.1) is 18.8 Å². The minimum atomic E-state index is -1.11. The normalized spacial score (nSPS) is 13.6. The van der Waals surface area contributed by atoms with Crippen molar-refractivity contribution in [1.29, 1.82) is 0 Å². The minimum Gasteiger partial charge on any atom is -0.394 e. The van der Waals surface area contributed by atoms with Gasteiger partial charge in [-0.1, -0.05) is 274 Å². The summed E-state index contributed by atoms with van der Waals surface area (Å²) in [6, 6.07) is -0.822. The number of aliphatic hydroxyl groups excluding tert-OH is 3. The SMILES string of the molecule is CCCCCCCCCCCC/C=C/CC/C=C/CC/C=C/C(O)C(CO)NC(=O)C(O)CCCCCCCCCCCCCCCC/C=C\CCCCCCCCCCCCCC. The van der Waals surface area contributed by atoms with E-state index in [9.17, 15) is 20.1 Å². The Hall–Kier alpha value is -1.69. The first-order valence-electron chi connectivity index (χ1n) is 28.5. The van der Waals surface area contributed by atoms with Crippen LogP contribution in [0.4, 0.5) is 0 Å². The Morgan fingerprint density at radius 3 is 0.953 bits per heavy atom. The maximum Gasteiger partial charge on any atom is 0.249 e. The van der Waals surface area contributed by atoms with Crippen LogP contribution < -0.4 is 5.32 Å². The number of aliphatic hydroxyl groups is 3. The van der Waals surface area contributed by atoms with Crippen LogP contribution in [-0.2, 0) is 4.79 Å². The summed E-state index contributed by atoms with van der Waals surface area (Å²) in [5.74, 6) is -0.514. The van der Waals surface area contributed by atoms with Crippen molar-refractivity contribution in [2.75, 3.05) is 6.61 Å². The number of carbonyl (C=O) groups excluding carboxylic acids is 1. The highest BCUT2D eigenvalue weighted by atomic mass is 16.3. The lowest BCUT2D eigenvalue weighted by Crippen LogP contribution is -2.48. The fourth-order valence-corrected chi connectivity index (χ4v) is 8.68. The average Bonchev–Trinajstić information content (AvgIpc) is 3.30. The summed E-state index contributed by atoms with van der Waals surface area (Å²) in [5, 5.41) is 33.3. The monoisotopic (exact) mass is 898 g/mol. The minimum absolute atomic E-state index is 0.381. The van der Waals surface area contributed by atoms with E-state index in [1.807, 2.05) is 6.08 Å². The molecule has 0 aromatic rings. The molecule has 0 spiro atoms. The first kappa shape index (κ1) is 62.3. The molecule has 0 heterocycles. The van der Waals surface area contributed by atoms with Gasteiger partial charge in [0.15, 0.2) is 0 Å². The van der Waals surface area contributed by atoms with E-state index in [1.54, 1.807) is 6.08 Å². The third-order valence-electron chi connectivity index (χ3n) is 13.1. The molecule has 376 valence electrons. The molecule has 0 bridgehead atoms. The van der Waals surface area contributed by atoms with Crippen LogP contribution >= 0.6 is 0 Å². The third kappa shape index (κ3) is 48.2. The fraction of sp³-hybridized carbons (Fsp3) is 0.847. The molecule has 0 radical (unpaired) electrons. The summed E-state index contributed by atoms with van der Waals surface area (Å²) < 4.78 is 0. The lowest BCUT2D eigenvalue weighted by molar-refractivity contribution is -0.131. The fourth-order valence-electron chi connectivity index (χ4n) is 8.68. The first-order valence-corrected chi connectivity index (χ1v) is 28.5. The maximum absolute atomic E-state index is 12.5. The zero-order valence-electron chi connectivity index (χ0n) is 42.9. The van der Waals surface area contributed by atoms with Crippen LogP contribution in [0.3, 0.4) is 0 Å². The van der Waals surface area contributed by atoms with Gasteiger partial charge >= 0.3 is 0 Å². The van der Waals surface area contributed by atoms with Gasteiger partial charge in [-0.05, 0) is 70.6 Å². The van der Waals surface area contributed by atoms with Crippen LogP contribution in [0.1, 0.15) is 296 Å². The van der Waals surface area contributed by atoms with Gasteiger partial charge in [-0.25, -0.2) is 0 Å². The molecule has 0 aliphatic carbocycles. The molecule has 0 fully saturated rings. The summed E-state index contributed by atoms with van der Waals surface area (Å²) in [5.41, 5.74) is 0. The van der Waals surface area contributed by atoms with Gasteiger partial charge in [0.25, 0.3) is 0 Å². The maximum atomic E-state index is 12.5. The Kier molecular flexibility index (Phi) is 52.5. The van der Waals surface area contributed by atoms with Crippen molar-refractivity contribution in [3.8, 4) is 0 Å². The molecule has 5 nitrogen and oxygen atoms in total. The van der Waals surface area contributed by atoms with Crippen molar-refractivity contribution in [2.24, 2.45) is 0 Å². The molecule has 0 aliphatic heterocycles. The second kappa shape index (κ2) is 53.9. The standard InChI is InChI=1S/C59H111NO4/c1-3-5-7-9-11-13-15-17-19-21-23-25-26-27-28-29-30-31-32-33-34-36-38-40-42-44-46-48-50-52-54-58(63)59(64)60-56(55-61)57(62)53-51-49-47-45-43-41-39-37-35-24-22-20-18-16-14-12-10-8-6-4-2/h27-28,35,37,43,45,51,53,56-58,61-63H,3-26,29-34,36,38-42,44,46-50,52,54-55H2,1-2H3,(H,60,64)/b28-27-,37-35+,45-43+,53-51+. The van der Waals surface area contributed by atoms with Crippen molar-refractivity contribution in [2.45, 2.75) is 315 Å². The van der Waals surface area contributed by atoms with Gasteiger partial charge in [-0.3, -0.25) is 4.79 Å². The molecule has 1 amide bonds. The number of rotatable bonds is 52. The van der Waals surface area contributed by atoms with Gasteiger partial charge in [0.2, 0.25) is 5.91 Å². The zero-order chi connectivity index (χ0) is 46.5. The van der Waals surface area contributed by atoms with Gasteiger partial charge in [-0.2, -0.15) is 0 Å². The molecule has 0 aromatic heterocycles. The zero-order valence-corrected chi connectivity index (χ0v) is 42.9.